The van der Waals surface area contributed by atoms with Gasteiger partial charge in [0.15, 0.2) is 0 Å². The van der Waals surface area contributed by atoms with E-state index in [-0.39, 0.29) is 86.8 Å². The molecule has 0 saturated heterocycles. The van der Waals surface area contributed by atoms with Crippen molar-refractivity contribution in [2.75, 3.05) is 27.3 Å². The standard InChI is InChI=1S/C25H38ClN3O5.C22H29ClF3N3O4.C5H9ClO2.3CH4/c1-15(2)14-33-25(32)28-19-9-6-17(7-10-19)12-21(24(31)27-5)29-23(30)18-8-11-22(20(26)13-18)34-16(3)4;1-12(2)33-18-9-6-14(11-16(18)23)19(30)29-17(20(31)27-3)10-13-4-7-15(8-5-13)28-21(32)22(24,25)26;1-4(2)3-8-5(6)7;;;/h8,11,13,15-17,19,21H,6-7,9-10,12,14H2,1-5H3,(H,27,31)(H,28,32)(H,29,30);6,9,11-13,15,17H,4-5,7-8,10H2,1-3H3,(H,27,31)(H,28,32)(H,29,30);4H,3H2,1-2H3;3*1H4. The summed E-state index contributed by atoms with van der Waals surface area (Å²) in [4.78, 5) is 83.3. The molecule has 23 heteroatoms. The highest BCUT2D eigenvalue weighted by Gasteiger charge is 2.40. The summed E-state index contributed by atoms with van der Waals surface area (Å²) < 4.78 is 58.1. The minimum absolute atomic E-state index is 0. The van der Waals surface area contributed by atoms with Crippen LogP contribution in [0.3, 0.4) is 0 Å². The van der Waals surface area contributed by atoms with Gasteiger partial charge in [-0.3, -0.25) is 24.0 Å². The Hall–Kier alpha value is -5.21. The van der Waals surface area contributed by atoms with Crippen LogP contribution in [0.25, 0.3) is 0 Å². The second kappa shape index (κ2) is 37.6. The fourth-order valence-electron chi connectivity index (χ4n) is 7.98. The first-order valence-electron chi connectivity index (χ1n) is 25.2. The Labute approximate surface area is 475 Å². The number of halogens is 6. The maximum absolute atomic E-state index is 12.8. The van der Waals surface area contributed by atoms with Gasteiger partial charge in [0, 0.05) is 48.9 Å². The number of amides is 6. The van der Waals surface area contributed by atoms with Crippen LogP contribution in [0.15, 0.2) is 36.4 Å². The minimum atomic E-state index is -4.91. The molecule has 78 heavy (non-hydrogen) atoms. The summed E-state index contributed by atoms with van der Waals surface area (Å²) in [5.41, 5.74) is -0.0925. The first kappa shape index (κ1) is 74.9. The Balaban J connectivity index is 0. The number of rotatable bonds is 20. The van der Waals surface area contributed by atoms with Crippen molar-refractivity contribution in [2.45, 2.75) is 184 Å². The number of hydrogen-bond acceptors (Lipinski definition) is 11. The van der Waals surface area contributed by atoms with E-state index in [1.807, 2.05) is 60.7 Å². The molecule has 0 heterocycles. The third-order valence-electron chi connectivity index (χ3n) is 11.7. The van der Waals surface area contributed by atoms with E-state index in [9.17, 15) is 46.7 Å². The molecule has 2 saturated carbocycles. The van der Waals surface area contributed by atoms with Crippen LogP contribution in [0.4, 0.5) is 22.8 Å². The molecule has 0 bridgehead atoms. The van der Waals surface area contributed by atoms with Crippen LogP contribution < -0.4 is 41.4 Å². The summed E-state index contributed by atoms with van der Waals surface area (Å²) in [6.07, 6.45) is 0.556. The normalized spacial score (nSPS) is 17.4. The zero-order valence-electron chi connectivity index (χ0n) is 44.5. The highest BCUT2D eigenvalue weighted by atomic mass is 35.5. The molecule has 0 aliphatic heterocycles. The third kappa shape index (κ3) is 29.1. The van der Waals surface area contributed by atoms with Gasteiger partial charge in [-0.1, -0.05) is 73.2 Å². The van der Waals surface area contributed by atoms with Gasteiger partial charge in [0.1, 0.15) is 23.6 Å². The Morgan fingerprint density at radius 3 is 1.23 bits per heavy atom. The molecule has 6 N–H and O–H groups in total. The SMILES string of the molecule is C.C.C.CC(C)COC(=O)Cl.CNC(=O)C(CC1CCC(NC(=O)C(F)(F)F)CC1)NC(=O)c1ccc(OC(C)C)c(Cl)c1.CNC(=O)C(CC1CCC(NC(=O)OCC(C)C)CC1)NC(=O)c1ccc(OC(C)C)c(Cl)c1. The van der Waals surface area contributed by atoms with Crippen molar-refractivity contribution < 1.29 is 65.7 Å². The fraction of sp³-hybridized carbons (Fsp3) is 0.655. The number of alkyl halides is 3. The molecule has 2 aromatic carbocycles. The molecule has 17 nitrogen and oxygen atoms in total. The smallest absolute Gasteiger partial charge is 0.471 e. The predicted molar refractivity (Wildman–Crippen MR) is 302 cm³/mol. The average Bonchev–Trinajstić information content (AvgIpc) is 3.33. The van der Waals surface area contributed by atoms with Crippen molar-refractivity contribution >= 4 is 75.9 Å². The van der Waals surface area contributed by atoms with Gasteiger partial charge in [0.2, 0.25) is 11.8 Å². The molecule has 4 rings (SSSR count). The van der Waals surface area contributed by atoms with Crippen LogP contribution in [-0.2, 0) is 23.9 Å². The Bertz CT molecular complexity index is 2170. The van der Waals surface area contributed by atoms with Crippen molar-refractivity contribution in [3.63, 3.8) is 0 Å². The lowest BCUT2D eigenvalue weighted by molar-refractivity contribution is -0.174. The Kier molecular flexibility index (Phi) is 36.1. The molecule has 2 aromatic rings. The average molecular weight is 1170 g/mol. The largest absolute Gasteiger partial charge is 0.489 e. The van der Waals surface area contributed by atoms with E-state index in [2.05, 4.69) is 31.3 Å². The predicted octanol–water partition coefficient (Wildman–Crippen LogP) is 11.8. The zero-order valence-corrected chi connectivity index (χ0v) is 46.7. The van der Waals surface area contributed by atoms with E-state index in [0.717, 1.165) is 25.7 Å². The monoisotopic (exact) mass is 1170 g/mol. The molecule has 446 valence electrons. The van der Waals surface area contributed by atoms with Crippen LogP contribution in [0.1, 0.15) is 163 Å². The number of benzene rings is 2. The van der Waals surface area contributed by atoms with Gasteiger partial charge < -0.3 is 50.8 Å². The van der Waals surface area contributed by atoms with E-state index >= 15 is 0 Å². The number of likely N-dealkylation sites (N-methyl/N-ethyl adjacent to an activating group) is 2. The molecule has 2 atom stereocenters. The van der Waals surface area contributed by atoms with Crippen LogP contribution in [-0.4, -0.2) is 111 Å². The zero-order chi connectivity index (χ0) is 56.6. The maximum atomic E-state index is 12.8. The first-order chi connectivity index (χ1) is 35.1. The second-order valence-electron chi connectivity index (χ2n) is 19.9. The number of carbonyl (C=O) groups is 7. The van der Waals surface area contributed by atoms with Gasteiger partial charge in [-0.25, -0.2) is 9.59 Å². The molecule has 0 aromatic heterocycles. The minimum Gasteiger partial charge on any atom is -0.489 e. The summed E-state index contributed by atoms with van der Waals surface area (Å²) in [6.45, 7) is 16.2. The molecular weight excluding hydrogens is 1080 g/mol. The number of alkyl carbamates (subject to hydrolysis) is 1. The lowest BCUT2D eigenvalue weighted by atomic mass is 9.82. The molecular formula is C55H88Cl3F3N6O11. The van der Waals surface area contributed by atoms with Crippen LogP contribution in [0.2, 0.25) is 10.0 Å². The Morgan fingerprint density at radius 2 is 0.936 bits per heavy atom. The van der Waals surface area contributed by atoms with Gasteiger partial charge in [0.05, 0.1) is 35.5 Å². The highest BCUT2D eigenvalue weighted by Crippen LogP contribution is 2.32. The van der Waals surface area contributed by atoms with E-state index in [0.29, 0.717) is 85.7 Å². The summed E-state index contributed by atoms with van der Waals surface area (Å²) in [5, 5.41) is 16.3. The highest BCUT2D eigenvalue weighted by molar-refractivity contribution is 6.61. The van der Waals surface area contributed by atoms with Crippen molar-refractivity contribution in [1.29, 1.82) is 0 Å². The Morgan fingerprint density at radius 1 is 0.577 bits per heavy atom. The summed E-state index contributed by atoms with van der Waals surface area (Å²) in [6, 6.07) is 7.47. The van der Waals surface area contributed by atoms with E-state index < -0.39 is 41.5 Å². The fourth-order valence-corrected chi connectivity index (χ4v) is 8.49. The van der Waals surface area contributed by atoms with E-state index in [1.54, 1.807) is 37.4 Å². The van der Waals surface area contributed by atoms with Crippen molar-refractivity contribution in [1.82, 2.24) is 31.9 Å². The second-order valence-corrected chi connectivity index (χ2v) is 21.0. The third-order valence-corrected chi connectivity index (χ3v) is 12.4. The topological polar surface area (TPSA) is 229 Å². The molecule has 2 aliphatic rings. The number of carbonyl (C=O) groups excluding carboxylic acids is 7. The van der Waals surface area contributed by atoms with E-state index in [4.69, 9.17) is 49.0 Å². The summed E-state index contributed by atoms with van der Waals surface area (Å²) >= 11 is 17.3. The number of nitrogens with one attached hydrogen (secondary N) is 6. The molecule has 0 spiro atoms. The first-order valence-corrected chi connectivity index (χ1v) is 26.4. The molecule has 2 fully saturated rings. The van der Waals surface area contributed by atoms with Crippen LogP contribution in [0.5, 0.6) is 11.5 Å². The van der Waals surface area contributed by atoms with Gasteiger partial charge in [0.25, 0.3) is 11.8 Å². The quantitative estimate of drug-likeness (QED) is 0.0683. The molecule has 2 unspecified atom stereocenters. The van der Waals surface area contributed by atoms with Gasteiger partial charge in [-0.05, 0) is 152 Å². The van der Waals surface area contributed by atoms with Crippen molar-refractivity contribution in [2.24, 2.45) is 23.7 Å². The molecule has 0 radical (unpaired) electrons. The van der Waals surface area contributed by atoms with Gasteiger partial charge in [-0.15, -0.1) is 0 Å². The number of ether oxygens (including phenoxy) is 4. The van der Waals surface area contributed by atoms with Gasteiger partial charge in [-0.2, -0.15) is 13.2 Å². The molecule has 2 aliphatic carbocycles. The summed E-state index contributed by atoms with van der Waals surface area (Å²) in [7, 11) is 3.01. The van der Waals surface area contributed by atoms with Crippen molar-refractivity contribution in [3.8, 4) is 11.5 Å². The number of hydrogen-bond donors (Lipinski definition) is 6. The lowest BCUT2D eigenvalue weighted by Gasteiger charge is -2.31. The van der Waals surface area contributed by atoms with Gasteiger partial charge >= 0.3 is 23.6 Å². The molecule has 6 amide bonds. The summed E-state index contributed by atoms with van der Waals surface area (Å²) in [5.74, 6) is -1.52. The maximum Gasteiger partial charge on any atom is 0.471 e. The van der Waals surface area contributed by atoms with Crippen LogP contribution >= 0.6 is 34.8 Å². The van der Waals surface area contributed by atoms with E-state index in [1.165, 1.54) is 13.1 Å². The van der Waals surface area contributed by atoms with Crippen molar-refractivity contribution in [3.05, 3.63) is 57.6 Å². The lowest BCUT2D eigenvalue weighted by Crippen LogP contribution is -2.48. The van der Waals surface area contributed by atoms with Crippen LogP contribution in [0, 0.1) is 23.7 Å².